The van der Waals surface area contributed by atoms with E-state index in [0.717, 1.165) is 11.1 Å². The monoisotopic (exact) mass is 345 g/mol. The predicted molar refractivity (Wildman–Crippen MR) is 95.0 cm³/mol. The molecule has 0 fully saturated rings. The Labute approximate surface area is 145 Å². The molecular formula is C18H20ClN3O2. The van der Waals surface area contributed by atoms with Crippen molar-refractivity contribution in [2.24, 2.45) is 0 Å². The third-order valence-corrected chi connectivity index (χ3v) is 4.15. The van der Waals surface area contributed by atoms with Crippen molar-refractivity contribution in [1.29, 1.82) is 0 Å². The Kier molecular flexibility index (Phi) is 4.24. The zero-order chi connectivity index (χ0) is 17.5. The van der Waals surface area contributed by atoms with E-state index in [0.29, 0.717) is 28.2 Å². The van der Waals surface area contributed by atoms with Crippen LogP contribution < -0.4 is 0 Å². The quantitative estimate of drug-likeness (QED) is 0.760. The van der Waals surface area contributed by atoms with Crippen LogP contribution in [-0.4, -0.2) is 31.8 Å². The van der Waals surface area contributed by atoms with Crippen molar-refractivity contribution >= 4 is 22.6 Å². The molecule has 126 valence electrons. The number of aliphatic hydroxyl groups excluding tert-OH is 1. The van der Waals surface area contributed by atoms with Gasteiger partial charge in [-0.25, -0.2) is 0 Å². The number of nitrogens with zero attached hydrogens (tertiary/aromatic N) is 3. The standard InChI is InChI=1S/C18H20ClN3O2/c1-18(2,3)13-8-11(6-7-23)9-16(17(13)24)22-20-14-5-4-12(19)10-15(14)21-22/h4-5,8-10,23-24H,6-7H2,1-3H3. The van der Waals surface area contributed by atoms with Gasteiger partial charge in [-0.05, 0) is 41.7 Å². The summed E-state index contributed by atoms with van der Waals surface area (Å²) in [5, 5.41) is 29.5. The predicted octanol–water partition coefficient (Wildman–Crippen LogP) is 3.61. The van der Waals surface area contributed by atoms with Crippen LogP contribution in [0.2, 0.25) is 5.02 Å². The Hall–Kier alpha value is -2.11. The summed E-state index contributed by atoms with van der Waals surface area (Å²) in [6.45, 7) is 6.13. The lowest BCUT2D eigenvalue weighted by atomic mass is 9.84. The van der Waals surface area contributed by atoms with Crippen molar-refractivity contribution in [3.63, 3.8) is 0 Å². The topological polar surface area (TPSA) is 71.2 Å². The molecule has 0 saturated carbocycles. The summed E-state index contributed by atoms with van der Waals surface area (Å²) >= 11 is 6.00. The molecule has 0 unspecified atom stereocenters. The van der Waals surface area contributed by atoms with Crippen molar-refractivity contribution < 1.29 is 10.2 Å². The Morgan fingerprint density at radius 3 is 2.46 bits per heavy atom. The Balaban J connectivity index is 2.22. The molecule has 6 heteroatoms. The van der Waals surface area contributed by atoms with Gasteiger partial charge in [-0.3, -0.25) is 0 Å². The number of aromatic hydroxyl groups is 1. The first kappa shape index (κ1) is 16.7. The molecule has 5 nitrogen and oxygen atoms in total. The molecule has 2 N–H and O–H groups in total. The summed E-state index contributed by atoms with van der Waals surface area (Å²) in [7, 11) is 0. The van der Waals surface area contributed by atoms with Gasteiger partial charge in [-0.1, -0.05) is 38.4 Å². The van der Waals surface area contributed by atoms with Gasteiger partial charge in [0, 0.05) is 17.2 Å². The number of fused-ring (bicyclic) bond motifs is 1. The first-order valence-electron chi connectivity index (χ1n) is 7.80. The number of halogens is 1. The van der Waals surface area contributed by atoms with Crippen molar-refractivity contribution in [2.75, 3.05) is 6.61 Å². The number of aliphatic hydroxyl groups is 1. The second kappa shape index (κ2) is 6.07. The van der Waals surface area contributed by atoms with E-state index in [-0.39, 0.29) is 17.8 Å². The van der Waals surface area contributed by atoms with Crippen molar-refractivity contribution in [1.82, 2.24) is 15.0 Å². The summed E-state index contributed by atoms with van der Waals surface area (Å²) in [5.74, 6) is 0.149. The molecule has 0 radical (unpaired) electrons. The lowest BCUT2D eigenvalue weighted by Gasteiger charge is -2.23. The largest absolute Gasteiger partial charge is 0.505 e. The summed E-state index contributed by atoms with van der Waals surface area (Å²) < 4.78 is 0. The van der Waals surface area contributed by atoms with E-state index in [1.807, 2.05) is 26.8 Å². The molecule has 3 rings (SSSR count). The first-order valence-corrected chi connectivity index (χ1v) is 8.17. The smallest absolute Gasteiger partial charge is 0.146 e. The summed E-state index contributed by atoms with van der Waals surface area (Å²) in [6.07, 6.45) is 0.503. The van der Waals surface area contributed by atoms with Crippen molar-refractivity contribution in [2.45, 2.75) is 32.6 Å². The van der Waals surface area contributed by atoms with Crippen LogP contribution in [0.5, 0.6) is 5.75 Å². The fourth-order valence-corrected chi connectivity index (χ4v) is 2.84. The average molecular weight is 346 g/mol. The molecule has 0 spiro atoms. The van der Waals surface area contributed by atoms with Crippen molar-refractivity contribution in [3.8, 4) is 11.4 Å². The SMILES string of the molecule is CC(C)(C)c1cc(CCO)cc(-n2nc3ccc(Cl)cc3n2)c1O. The molecular weight excluding hydrogens is 326 g/mol. The van der Waals surface area contributed by atoms with Gasteiger partial charge in [-0.15, -0.1) is 15.0 Å². The van der Waals surface area contributed by atoms with Crippen LogP contribution in [0.15, 0.2) is 30.3 Å². The van der Waals surface area contributed by atoms with Crippen LogP contribution in [0.25, 0.3) is 16.7 Å². The number of rotatable bonds is 3. The van der Waals surface area contributed by atoms with Gasteiger partial charge >= 0.3 is 0 Å². The summed E-state index contributed by atoms with van der Waals surface area (Å²) in [5.41, 5.74) is 3.33. The molecule has 1 aromatic heterocycles. The number of benzene rings is 2. The molecule has 24 heavy (non-hydrogen) atoms. The minimum atomic E-state index is -0.250. The molecule has 0 aliphatic rings. The molecule has 1 heterocycles. The van der Waals surface area contributed by atoms with E-state index in [1.54, 1.807) is 24.3 Å². The van der Waals surface area contributed by atoms with Gasteiger partial charge < -0.3 is 10.2 Å². The van der Waals surface area contributed by atoms with Gasteiger partial charge in [0.05, 0.1) is 0 Å². The molecule has 0 saturated heterocycles. The lowest BCUT2D eigenvalue weighted by Crippen LogP contribution is -2.14. The highest BCUT2D eigenvalue weighted by Gasteiger charge is 2.23. The van der Waals surface area contributed by atoms with Gasteiger partial charge in [0.2, 0.25) is 0 Å². The van der Waals surface area contributed by atoms with Crippen LogP contribution in [0.3, 0.4) is 0 Å². The van der Waals surface area contributed by atoms with Crippen LogP contribution in [-0.2, 0) is 11.8 Å². The fourth-order valence-electron chi connectivity index (χ4n) is 2.67. The number of aromatic nitrogens is 3. The fraction of sp³-hybridized carbons (Fsp3) is 0.333. The van der Waals surface area contributed by atoms with Crippen LogP contribution in [0, 0.1) is 0 Å². The molecule has 0 aliphatic heterocycles. The molecule has 0 aliphatic carbocycles. The van der Waals surface area contributed by atoms with E-state index >= 15 is 0 Å². The third-order valence-electron chi connectivity index (χ3n) is 3.92. The van der Waals surface area contributed by atoms with Gasteiger partial charge in [-0.2, -0.15) is 0 Å². The Morgan fingerprint density at radius 1 is 1.08 bits per heavy atom. The van der Waals surface area contributed by atoms with Crippen LogP contribution in [0.4, 0.5) is 0 Å². The number of phenolic OH excluding ortho intramolecular Hbond substituents is 1. The number of hydrogen-bond acceptors (Lipinski definition) is 4. The number of phenols is 1. The first-order chi connectivity index (χ1) is 11.3. The van der Waals surface area contributed by atoms with E-state index < -0.39 is 0 Å². The lowest BCUT2D eigenvalue weighted by molar-refractivity contribution is 0.299. The highest BCUT2D eigenvalue weighted by Crippen LogP contribution is 2.36. The van der Waals surface area contributed by atoms with Gasteiger partial charge in [0.1, 0.15) is 22.5 Å². The highest BCUT2D eigenvalue weighted by atomic mass is 35.5. The van der Waals surface area contributed by atoms with Crippen LogP contribution in [0.1, 0.15) is 31.9 Å². The molecule has 0 amide bonds. The second-order valence-electron chi connectivity index (χ2n) is 6.86. The minimum Gasteiger partial charge on any atom is -0.505 e. The summed E-state index contributed by atoms with van der Waals surface area (Å²) in [4.78, 5) is 1.42. The average Bonchev–Trinajstić information content (AvgIpc) is 2.90. The highest BCUT2D eigenvalue weighted by molar-refractivity contribution is 6.31. The normalized spacial score (nSPS) is 12.0. The minimum absolute atomic E-state index is 0.0396. The second-order valence-corrected chi connectivity index (χ2v) is 7.29. The molecule has 3 aromatic rings. The third kappa shape index (κ3) is 3.09. The van der Waals surface area contributed by atoms with E-state index in [2.05, 4.69) is 10.2 Å². The zero-order valence-corrected chi connectivity index (χ0v) is 14.7. The van der Waals surface area contributed by atoms with E-state index in [4.69, 9.17) is 11.6 Å². The van der Waals surface area contributed by atoms with Gasteiger partial charge in [0.25, 0.3) is 0 Å². The van der Waals surface area contributed by atoms with Gasteiger partial charge in [0.15, 0.2) is 0 Å². The van der Waals surface area contributed by atoms with E-state index in [9.17, 15) is 10.2 Å². The van der Waals surface area contributed by atoms with Crippen LogP contribution >= 0.6 is 11.6 Å². The summed E-state index contributed by atoms with van der Waals surface area (Å²) in [6, 6.07) is 9.02. The maximum atomic E-state index is 10.8. The maximum Gasteiger partial charge on any atom is 0.146 e. The number of hydrogen-bond donors (Lipinski definition) is 2. The molecule has 2 aromatic carbocycles. The van der Waals surface area contributed by atoms with Crippen molar-refractivity contribution in [3.05, 3.63) is 46.5 Å². The molecule has 0 atom stereocenters. The maximum absolute atomic E-state index is 10.8. The zero-order valence-electron chi connectivity index (χ0n) is 13.9. The Bertz CT molecular complexity index is 897. The Morgan fingerprint density at radius 2 is 1.79 bits per heavy atom. The molecule has 0 bridgehead atoms. The van der Waals surface area contributed by atoms with E-state index in [1.165, 1.54) is 4.80 Å².